The van der Waals surface area contributed by atoms with E-state index in [4.69, 9.17) is 5.73 Å². The summed E-state index contributed by atoms with van der Waals surface area (Å²) in [5.74, 6) is -1.26. The molecule has 2 rings (SSSR count). The van der Waals surface area contributed by atoms with Crippen LogP contribution in [0.4, 0.5) is 8.78 Å². The van der Waals surface area contributed by atoms with E-state index in [9.17, 15) is 8.78 Å². The van der Waals surface area contributed by atoms with Crippen molar-refractivity contribution in [2.45, 2.75) is 12.5 Å². The molecule has 0 aliphatic heterocycles. The fourth-order valence-corrected chi connectivity index (χ4v) is 2.59. The maximum Gasteiger partial charge on any atom is 0.126 e. The SMILES string of the molecule is CC(N)(c1cc(F)cc(F)c1)c1ccccc1Br. The molecule has 2 aromatic carbocycles. The van der Waals surface area contributed by atoms with Crippen LogP contribution < -0.4 is 5.73 Å². The predicted molar refractivity (Wildman–Crippen MR) is 71.1 cm³/mol. The summed E-state index contributed by atoms with van der Waals surface area (Å²) in [4.78, 5) is 0. The molecule has 0 heterocycles. The first-order valence-electron chi connectivity index (χ1n) is 5.42. The lowest BCUT2D eigenvalue weighted by Crippen LogP contribution is -2.35. The molecule has 4 heteroatoms. The summed E-state index contributed by atoms with van der Waals surface area (Å²) in [6.07, 6.45) is 0. The van der Waals surface area contributed by atoms with Gasteiger partial charge in [0.1, 0.15) is 11.6 Å². The second-order valence-corrected chi connectivity index (χ2v) is 5.19. The van der Waals surface area contributed by atoms with Gasteiger partial charge in [-0.1, -0.05) is 34.1 Å². The zero-order valence-corrected chi connectivity index (χ0v) is 11.3. The summed E-state index contributed by atoms with van der Waals surface area (Å²) >= 11 is 3.40. The molecule has 1 nitrogen and oxygen atoms in total. The lowest BCUT2D eigenvalue weighted by atomic mass is 9.85. The fraction of sp³-hybridized carbons (Fsp3) is 0.143. The van der Waals surface area contributed by atoms with Crippen LogP contribution in [0.25, 0.3) is 0 Å². The van der Waals surface area contributed by atoms with Crippen LogP contribution in [-0.2, 0) is 5.54 Å². The topological polar surface area (TPSA) is 26.0 Å². The predicted octanol–water partition coefficient (Wildman–Crippen LogP) is 3.95. The highest BCUT2D eigenvalue weighted by atomic mass is 79.9. The Morgan fingerprint density at radius 1 is 1.06 bits per heavy atom. The average molecular weight is 312 g/mol. The van der Waals surface area contributed by atoms with Crippen LogP contribution >= 0.6 is 15.9 Å². The third-order valence-corrected chi connectivity index (χ3v) is 3.59. The summed E-state index contributed by atoms with van der Waals surface area (Å²) < 4.78 is 27.3. The van der Waals surface area contributed by atoms with Gasteiger partial charge in [-0.3, -0.25) is 0 Å². The molecule has 0 saturated heterocycles. The molecule has 0 saturated carbocycles. The van der Waals surface area contributed by atoms with Crippen LogP contribution in [-0.4, -0.2) is 0 Å². The van der Waals surface area contributed by atoms with E-state index in [2.05, 4.69) is 15.9 Å². The molecular weight excluding hydrogens is 300 g/mol. The molecule has 0 fully saturated rings. The second kappa shape index (κ2) is 4.78. The van der Waals surface area contributed by atoms with Gasteiger partial charge in [-0.25, -0.2) is 8.78 Å². The van der Waals surface area contributed by atoms with E-state index in [1.807, 2.05) is 24.3 Å². The number of hydrogen-bond donors (Lipinski definition) is 1. The van der Waals surface area contributed by atoms with Gasteiger partial charge in [0.05, 0.1) is 5.54 Å². The Labute approximate surface area is 113 Å². The minimum absolute atomic E-state index is 0.395. The standard InChI is InChI=1S/C14H12BrF2N/c1-14(18,12-4-2-3-5-13(12)15)9-6-10(16)8-11(17)7-9/h2-8H,18H2,1H3. The molecule has 94 valence electrons. The van der Waals surface area contributed by atoms with E-state index in [0.29, 0.717) is 5.56 Å². The number of rotatable bonds is 2. The molecule has 0 aliphatic rings. The van der Waals surface area contributed by atoms with Crippen molar-refractivity contribution in [3.05, 3.63) is 69.7 Å². The van der Waals surface area contributed by atoms with E-state index in [0.717, 1.165) is 16.1 Å². The molecular formula is C14H12BrF2N. The van der Waals surface area contributed by atoms with E-state index < -0.39 is 17.2 Å². The Morgan fingerprint density at radius 3 is 2.17 bits per heavy atom. The van der Waals surface area contributed by atoms with Crippen molar-refractivity contribution in [1.29, 1.82) is 0 Å². The van der Waals surface area contributed by atoms with E-state index in [-0.39, 0.29) is 0 Å². The van der Waals surface area contributed by atoms with Gasteiger partial charge in [-0.2, -0.15) is 0 Å². The first-order chi connectivity index (χ1) is 8.41. The second-order valence-electron chi connectivity index (χ2n) is 4.34. The van der Waals surface area contributed by atoms with Crippen molar-refractivity contribution >= 4 is 15.9 Å². The van der Waals surface area contributed by atoms with Gasteiger partial charge in [-0.15, -0.1) is 0 Å². The molecule has 0 spiro atoms. The van der Waals surface area contributed by atoms with E-state index in [1.54, 1.807) is 6.92 Å². The molecule has 0 aromatic heterocycles. The van der Waals surface area contributed by atoms with Crippen LogP contribution in [0, 0.1) is 11.6 Å². The summed E-state index contributed by atoms with van der Waals surface area (Å²) in [5, 5.41) is 0. The molecule has 0 amide bonds. The van der Waals surface area contributed by atoms with E-state index in [1.165, 1.54) is 12.1 Å². The zero-order valence-electron chi connectivity index (χ0n) is 9.75. The molecule has 18 heavy (non-hydrogen) atoms. The van der Waals surface area contributed by atoms with Crippen molar-refractivity contribution in [3.8, 4) is 0 Å². The fourth-order valence-electron chi connectivity index (χ4n) is 1.89. The number of halogens is 3. The monoisotopic (exact) mass is 311 g/mol. The van der Waals surface area contributed by atoms with Gasteiger partial charge in [0.15, 0.2) is 0 Å². The Bertz CT molecular complexity index is 562. The Balaban J connectivity index is 2.57. The van der Waals surface area contributed by atoms with Gasteiger partial charge in [0.25, 0.3) is 0 Å². The quantitative estimate of drug-likeness (QED) is 0.893. The van der Waals surface area contributed by atoms with Crippen molar-refractivity contribution in [3.63, 3.8) is 0 Å². The first-order valence-corrected chi connectivity index (χ1v) is 6.21. The minimum Gasteiger partial charge on any atom is -0.318 e. The molecule has 0 radical (unpaired) electrons. The highest BCUT2D eigenvalue weighted by molar-refractivity contribution is 9.10. The smallest absolute Gasteiger partial charge is 0.126 e. The Kier molecular flexibility index (Phi) is 3.50. The third kappa shape index (κ3) is 2.44. The summed E-state index contributed by atoms with van der Waals surface area (Å²) in [6.45, 7) is 1.72. The highest BCUT2D eigenvalue weighted by Crippen LogP contribution is 2.32. The molecule has 2 aromatic rings. The van der Waals surface area contributed by atoms with Gasteiger partial charge in [0.2, 0.25) is 0 Å². The maximum absolute atomic E-state index is 13.3. The van der Waals surface area contributed by atoms with Crippen LogP contribution in [0.15, 0.2) is 46.9 Å². The first kappa shape index (κ1) is 13.2. The Morgan fingerprint density at radius 2 is 1.61 bits per heavy atom. The van der Waals surface area contributed by atoms with Gasteiger partial charge in [-0.05, 0) is 36.2 Å². The van der Waals surface area contributed by atoms with Crippen LogP contribution in [0.5, 0.6) is 0 Å². The third-order valence-electron chi connectivity index (χ3n) is 2.90. The van der Waals surface area contributed by atoms with Gasteiger partial charge in [0, 0.05) is 10.5 Å². The largest absolute Gasteiger partial charge is 0.318 e. The number of benzene rings is 2. The molecule has 0 aliphatic carbocycles. The zero-order chi connectivity index (χ0) is 13.3. The van der Waals surface area contributed by atoms with Crippen molar-refractivity contribution < 1.29 is 8.78 Å². The van der Waals surface area contributed by atoms with Crippen molar-refractivity contribution in [2.75, 3.05) is 0 Å². The lowest BCUT2D eigenvalue weighted by molar-refractivity contribution is 0.549. The van der Waals surface area contributed by atoms with Crippen LogP contribution in [0.3, 0.4) is 0 Å². The molecule has 0 bridgehead atoms. The van der Waals surface area contributed by atoms with Crippen molar-refractivity contribution in [2.24, 2.45) is 5.73 Å². The summed E-state index contributed by atoms with van der Waals surface area (Å²) in [6, 6.07) is 10.7. The summed E-state index contributed by atoms with van der Waals surface area (Å²) in [5.41, 5.74) is 6.43. The lowest BCUT2D eigenvalue weighted by Gasteiger charge is -2.27. The average Bonchev–Trinajstić information content (AvgIpc) is 2.28. The summed E-state index contributed by atoms with van der Waals surface area (Å²) in [7, 11) is 0. The molecule has 1 atom stereocenters. The maximum atomic E-state index is 13.3. The van der Waals surface area contributed by atoms with Gasteiger partial charge < -0.3 is 5.73 Å². The van der Waals surface area contributed by atoms with E-state index >= 15 is 0 Å². The number of nitrogens with two attached hydrogens (primary N) is 1. The number of hydrogen-bond acceptors (Lipinski definition) is 1. The minimum atomic E-state index is -0.969. The van der Waals surface area contributed by atoms with Crippen molar-refractivity contribution in [1.82, 2.24) is 0 Å². The highest BCUT2D eigenvalue weighted by Gasteiger charge is 2.26. The van der Waals surface area contributed by atoms with Crippen LogP contribution in [0.2, 0.25) is 0 Å². The molecule has 2 N–H and O–H groups in total. The normalized spacial score (nSPS) is 14.3. The Hall–Kier alpha value is -1.26. The van der Waals surface area contributed by atoms with Crippen LogP contribution in [0.1, 0.15) is 18.1 Å². The van der Waals surface area contributed by atoms with Gasteiger partial charge >= 0.3 is 0 Å². The molecule has 1 unspecified atom stereocenters.